The van der Waals surface area contributed by atoms with Gasteiger partial charge in [0.05, 0.1) is 4.90 Å². The molecule has 2 aromatic rings. The predicted octanol–water partition coefficient (Wildman–Crippen LogP) is 3.37. The number of benzene rings is 1. The van der Waals surface area contributed by atoms with Gasteiger partial charge in [0.1, 0.15) is 0 Å². The summed E-state index contributed by atoms with van der Waals surface area (Å²) in [6.45, 7) is 6.52. The van der Waals surface area contributed by atoms with Crippen LogP contribution in [0.4, 0.5) is 0 Å². The van der Waals surface area contributed by atoms with Gasteiger partial charge in [-0.2, -0.15) is 0 Å². The summed E-state index contributed by atoms with van der Waals surface area (Å²) in [5.74, 6) is 0. The van der Waals surface area contributed by atoms with Gasteiger partial charge >= 0.3 is 0 Å². The second-order valence-corrected chi connectivity index (χ2v) is 8.36. The van der Waals surface area contributed by atoms with E-state index in [0.717, 1.165) is 11.1 Å². The molecule has 0 saturated heterocycles. The van der Waals surface area contributed by atoms with E-state index in [-0.39, 0.29) is 5.41 Å². The molecule has 0 saturated carbocycles. The van der Waals surface area contributed by atoms with Gasteiger partial charge in [0.25, 0.3) is 0 Å². The zero-order valence-electron chi connectivity index (χ0n) is 12.9. The van der Waals surface area contributed by atoms with Crippen LogP contribution >= 0.6 is 0 Å². The fraction of sp³-hybridized carbons (Fsp3) is 0.353. The molecule has 3 nitrogen and oxygen atoms in total. The van der Waals surface area contributed by atoms with Crippen molar-refractivity contribution in [1.82, 2.24) is 4.98 Å². The van der Waals surface area contributed by atoms with Crippen molar-refractivity contribution in [1.29, 1.82) is 0 Å². The summed E-state index contributed by atoms with van der Waals surface area (Å²) >= 11 is 0. The molecule has 0 aliphatic heterocycles. The average Bonchev–Trinajstić information content (AvgIpc) is 2.37. The molecule has 21 heavy (non-hydrogen) atoms. The second-order valence-electron chi connectivity index (χ2n) is 6.38. The van der Waals surface area contributed by atoms with E-state index in [1.165, 1.54) is 18.0 Å². The lowest BCUT2D eigenvalue weighted by Gasteiger charge is -2.19. The van der Waals surface area contributed by atoms with E-state index in [4.69, 9.17) is 0 Å². The van der Waals surface area contributed by atoms with Crippen LogP contribution in [-0.2, 0) is 21.7 Å². The summed E-state index contributed by atoms with van der Waals surface area (Å²) in [5, 5.41) is 0. The van der Waals surface area contributed by atoms with E-state index in [1.54, 1.807) is 12.3 Å². The Morgan fingerprint density at radius 3 is 2.19 bits per heavy atom. The van der Waals surface area contributed by atoms with Crippen LogP contribution in [0, 0.1) is 0 Å². The summed E-state index contributed by atoms with van der Waals surface area (Å²) < 4.78 is 23.6. The van der Waals surface area contributed by atoms with Gasteiger partial charge in [-0.1, -0.05) is 45.0 Å². The van der Waals surface area contributed by atoms with Gasteiger partial charge < -0.3 is 0 Å². The van der Waals surface area contributed by atoms with Crippen LogP contribution in [0.25, 0.3) is 0 Å². The minimum atomic E-state index is -3.25. The van der Waals surface area contributed by atoms with Crippen molar-refractivity contribution in [2.24, 2.45) is 0 Å². The number of sulfone groups is 1. The minimum Gasteiger partial charge on any atom is -0.263 e. The summed E-state index contributed by atoms with van der Waals surface area (Å²) in [7, 11) is -3.25. The van der Waals surface area contributed by atoms with Crippen molar-refractivity contribution >= 4 is 9.84 Å². The molecule has 0 radical (unpaired) electrons. The lowest BCUT2D eigenvalue weighted by Crippen LogP contribution is -2.10. The molecule has 0 fully saturated rings. The van der Waals surface area contributed by atoms with Crippen LogP contribution in [0.2, 0.25) is 0 Å². The summed E-state index contributed by atoms with van der Waals surface area (Å²) in [4.78, 5) is 4.23. The van der Waals surface area contributed by atoms with E-state index in [9.17, 15) is 8.42 Å². The van der Waals surface area contributed by atoms with Crippen LogP contribution in [-0.4, -0.2) is 19.7 Å². The lowest BCUT2D eigenvalue weighted by atomic mass is 9.86. The fourth-order valence-electron chi connectivity index (χ4n) is 2.23. The third-order valence-electron chi connectivity index (χ3n) is 3.48. The van der Waals surface area contributed by atoms with Crippen molar-refractivity contribution in [2.45, 2.75) is 37.5 Å². The van der Waals surface area contributed by atoms with Crippen molar-refractivity contribution in [3.63, 3.8) is 0 Å². The van der Waals surface area contributed by atoms with Crippen molar-refractivity contribution in [3.05, 3.63) is 59.4 Å². The van der Waals surface area contributed by atoms with Gasteiger partial charge in [0, 0.05) is 18.6 Å². The van der Waals surface area contributed by atoms with Crippen LogP contribution < -0.4 is 0 Å². The number of pyridine rings is 1. The second kappa shape index (κ2) is 5.60. The lowest BCUT2D eigenvalue weighted by molar-refractivity contribution is 0.590. The van der Waals surface area contributed by atoms with E-state index >= 15 is 0 Å². The van der Waals surface area contributed by atoms with Crippen molar-refractivity contribution in [3.8, 4) is 0 Å². The Bertz CT molecular complexity index is 726. The first kappa shape index (κ1) is 15.7. The highest BCUT2D eigenvalue weighted by molar-refractivity contribution is 7.90. The largest absolute Gasteiger partial charge is 0.263 e. The average molecular weight is 303 g/mol. The minimum absolute atomic E-state index is 0.118. The van der Waals surface area contributed by atoms with Gasteiger partial charge in [-0.15, -0.1) is 0 Å². The SMILES string of the molecule is CC(C)(C)c1ccc(Cc2ccncc2S(C)(=O)=O)cc1. The van der Waals surface area contributed by atoms with Gasteiger partial charge in [0.15, 0.2) is 9.84 Å². The Labute approximate surface area is 127 Å². The predicted molar refractivity (Wildman–Crippen MR) is 85.3 cm³/mol. The van der Waals surface area contributed by atoms with E-state index < -0.39 is 9.84 Å². The summed E-state index contributed by atoms with van der Waals surface area (Å²) in [6.07, 6.45) is 4.87. The standard InChI is InChI=1S/C17H21NO2S/c1-17(2,3)15-7-5-13(6-8-15)11-14-9-10-18-12-16(14)21(4,19)20/h5-10,12H,11H2,1-4H3. The highest BCUT2D eigenvalue weighted by Crippen LogP contribution is 2.24. The molecule has 0 spiro atoms. The third kappa shape index (κ3) is 3.91. The Hall–Kier alpha value is -1.68. The molecule has 0 unspecified atom stereocenters. The van der Waals surface area contributed by atoms with Gasteiger partial charge in [-0.3, -0.25) is 4.98 Å². The molecule has 1 heterocycles. The zero-order valence-corrected chi connectivity index (χ0v) is 13.7. The molecule has 1 aromatic heterocycles. The van der Waals surface area contributed by atoms with Crippen LogP contribution in [0.15, 0.2) is 47.6 Å². The Morgan fingerprint density at radius 1 is 1.05 bits per heavy atom. The summed E-state index contributed by atoms with van der Waals surface area (Å²) in [6, 6.07) is 10.1. The highest BCUT2D eigenvalue weighted by atomic mass is 32.2. The first-order chi connectivity index (χ1) is 9.68. The number of hydrogen-bond donors (Lipinski definition) is 0. The van der Waals surface area contributed by atoms with Crippen LogP contribution in [0.1, 0.15) is 37.5 Å². The Morgan fingerprint density at radius 2 is 1.67 bits per heavy atom. The topological polar surface area (TPSA) is 47.0 Å². The molecule has 0 aliphatic rings. The number of aromatic nitrogens is 1. The molecule has 112 valence electrons. The van der Waals surface area contributed by atoms with Crippen LogP contribution in [0.5, 0.6) is 0 Å². The molecule has 0 amide bonds. The van der Waals surface area contributed by atoms with Crippen LogP contribution in [0.3, 0.4) is 0 Å². The Balaban J connectivity index is 2.32. The van der Waals surface area contributed by atoms with Gasteiger partial charge in [-0.25, -0.2) is 8.42 Å². The molecular weight excluding hydrogens is 282 g/mol. The smallest absolute Gasteiger partial charge is 0.177 e. The summed E-state index contributed by atoms with van der Waals surface area (Å²) in [5.41, 5.74) is 3.27. The normalized spacial score (nSPS) is 12.4. The van der Waals surface area contributed by atoms with Gasteiger partial charge in [-0.05, 0) is 34.6 Å². The number of hydrogen-bond acceptors (Lipinski definition) is 3. The third-order valence-corrected chi connectivity index (χ3v) is 4.65. The first-order valence-corrected chi connectivity index (χ1v) is 8.79. The molecular formula is C17H21NO2S. The molecule has 0 atom stereocenters. The van der Waals surface area contributed by atoms with E-state index in [1.807, 2.05) is 0 Å². The fourth-order valence-corrected chi connectivity index (χ4v) is 3.10. The van der Waals surface area contributed by atoms with E-state index in [0.29, 0.717) is 11.3 Å². The first-order valence-electron chi connectivity index (χ1n) is 6.90. The maximum absolute atomic E-state index is 11.8. The monoisotopic (exact) mass is 303 g/mol. The highest BCUT2D eigenvalue weighted by Gasteiger charge is 2.15. The number of nitrogens with zero attached hydrogens (tertiary/aromatic N) is 1. The molecule has 1 aromatic carbocycles. The quantitative estimate of drug-likeness (QED) is 0.873. The Kier molecular flexibility index (Phi) is 4.19. The van der Waals surface area contributed by atoms with E-state index in [2.05, 4.69) is 50.0 Å². The van der Waals surface area contributed by atoms with Crippen molar-refractivity contribution < 1.29 is 8.42 Å². The molecule has 0 bridgehead atoms. The maximum atomic E-state index is 11.8. The molecule has 2 rings (SSSR count). The maximum Gasteiger partial charge on any atom is 0.177 e. The molecule has 4 heteroatoms. The zero-order chi connectivity index (χ0) is 15.7. The number of rotatable bonds is 3. The van der Waals surface area contributed by atoms with Crippen molar-refractivity contribution in [2.75, 3.05) is 6.26 Å². The molecule has 0 N–H and O–H groups in total. The molecule has 0 aliphatic carbocycles. The van der Waals surface area contributed by atoms with Gasteiger partial charge in [0.2, 0.25) is 0 Å².